The molecule has 0 radical (unpaired) electrons. The van der Waals surface area contributed by atoms with E-state index >= 15 is 0 Å². The van der Waals surface area contributed by atoms with Gasteiger partial charge in [-0.15, -0.1) is 0 Å². The van der Waals surface area contributed by atoms with E-state index in [1.165, 1.54) is 11.1 Å². The van der Waals surface area contributed by atoms with Crippen LogP contribution in [0, 0.1) is 6.92 Å². The number of aryl methyl sites for hydroxylation is 1. The number of nitrogens with one attached hydrogen (secondary N) is 2. The molecule has 0 bridgehead atoms. The van der Waals surface area contributed by atoms with Crippen LogP contribution in [0.3, 0.4) is 0 Å². The summed E-state index contributed by atoms with van der Waals surface area (Å²) in [6.45, 7) is 7.21. The van der Waals surface area contributed by atoms with Crippen LogP contribution in [0.25, 0.3) is 5.69 Å². The zero-order chi connectivity index (χ0) is 15.4. The third-order valence-corrected chi connectivity index (χ3v) is 3.34. The van der Waals surface area contributed by atoms with E-state index in [0.717, 1.165) is 12.2 Å². The molecule has 0 unspecified atom stereocenters. The summed E-state index contributed by atoms with van der Waals surface area (Å²) in [5.74, 6) is -0.178. The standard InChI is InChI=1S/C16H22N4O/c1-11(2)18-10-13-5-6-14(9-12(13)3)20-8-7-15(19-20)16(21)17-4/h5-9,11,18H,10H2,1-4H3,(H,17,21). The molecule has 0 aliphatic carbocycles. The van der Waals surface area contributed by atoms with Crippen molar-refractivity contribution in [3.63, 3.8) is 0 Å². The fourth-order valence-corrected chi connectivity index (χ4v) is 2.05. The zero-order valence-electron chi connectivity index (χ0n) is 13.0. The molecule has 0 aliphatic heterocycles. The van der Waals surface area contributed by atoms with Crippen LogP contribution in [0.1, 0.15) is 35.5 Å². The van der Waals surface area contributed by atoms with Crippen molar-refractivity contribution in [3.05, 3.63) is 47.3 Å². The summed E-state index contributed by atoms with van der Waals surface area (Å²) in [5.41, 5.74) is 3.85. The first-order chi connectivity index (χ1) is 10.0. The number of amides is 1. The fraction of sp³-hybridized carbons (Fsp3) is 0.375. The first-order valence-electron chi connectivity index (χ1n) is 7.12. The molecule has 0 saturated heterocycles. The second-order valence-corrected chi connectivity index (χ2v) is 5.37. The molecular weight excluding hydrogens is 264 g/mol. The van der Waals surface area contributed by atoms with Gasteiger partial charge in [0.2, 0.25) is 0 Å². The molecule has 5 nitrogen and oxygen atoms in total. The highest BCUT2D eigenvalue weighted by Crippen LogP contribution is 2.15. The molecule has 2 aromatic rings. The number of carbonyl (C=O) groups is 1. The summed E-state index contributed by atoms with van der Waals surface area (Å²) in [4.78, 5) is 11.5. The van der Waals surface area contributed by atoms with E-state index in [2.05, 4.69) is 48.6 Å². The quantitative estimate of drug-likeness (QED) is 0.884. The molecule has 0 atom stereocenters. The van der Waals surface area contributed by atoms with Crippen molar-refractivity contribution in [2.45, 2.75) is 33.4 Å². The number of aromatic nitrogens is 2. The molecule has 2 rings (SSSR count). The molecule has 0 aliphatic rings. The Kier molecular flexibility index (Phi) is 4.75. The number of benzene rings is 1. The van der Waals surface area contributed by atoms with Crippen LogP contribution in [0.4, 0.5) is 0 Å². The molecule has 0 fully saturated rings. The molecule has 112 valence electrons. The average Bonchev–Trinajstić information content (AvgIpc) is 2.94. The van der Waals surface area contributed by atoms with Crippen LogP contribution in [0.2, 0.25) is 0 Å². The lowest BCUT2D eigenvalue weighted by Gasteiger charge is -2.12. The lowest BCUT2D eigenvalue weighted by atomic mass is 10.1. The van der Waals surface area contributed by atoms with E-state index in [1.54, 1.807) is 24.0 Å². The molecule has 21 heavy (non-hydrogen) atoms. The van der Waals surface area contributed by atoms with E-state index in [0.29, 0.717) is 11.7 Å². The van der Waals surface area contributed by atoms with E-state index in [9.17, 15) is 4.79 Å². The highest BCUT2D eigenvalue weighted by Gasteiger charge is 2.09. The summed E-state index contributed by atoms with van der Waals surface area (Å²) < 4.78 is 1.72. The number of rotatable bonds is 5. The molecule has 1 aromatic heterocycles. The van der Waals surface area contributed by atoms with Crippen molar-refractivity contribution < 1.29 is 4.79 Å². The maximum Gasteiger partial charge on any atom is 0.271 e. The second kappa shape index (κ2) is 6.54. The number of hydrogen-bond donors (Lipinski definition) is 2. The Morgan fingerprint density at radius 2 is 2.10 bits per heavy atom. The van der Waals surface area contributed by atoms with E-state index < -0.39 is 0 Å². The Labute approximate surface area is 125 Å². The molecule has 1 heterocycles. The lowest BCUT2D eigenvalue weighted by molar-refractivity contribution is 0.0957. The first-order valence-corrected chi connectivity index (χ1v) is 7.12. The summed E-state index contributed by atoms with van der Waals surface area (Å²) in [5, 5.41) is 10.3. The molecule has 5 heteroatoms. The van der Waals surface area contributed by atoms with Crippen molar-refractivity contribution in [3.8, 4) is 5.69 Å². The van der Waals surface area contributed by atoms with E-state index in [4.69, 9.17) is 0 Å². The molecule has 2 N–H and O–H groups in total. The average molecular weight is 286 g/mol. The normalized spacial score (nSPS) is 10.9. The van der Waals surface area contributed by atoms with Gasteiger partial charge in [0, 0.05) is 25.8 Å². The van der Waals surface area contributed by atoms with Crippen molar-refractivity contribution in [1.82, 2.24) is 20.4 Å². The van der Waals surface area contributed by atoms with Gasteiger partial charge in [0.15, 0.2) is 5.69 Å². The van der Waals surface area contributed by atoms with Gasteiger partial charge in [-0.25, -0.2) is 4.68 Å². The number of nitrogens with zero attached hydrogens (tertiary/aromatic N) is 2. The predicted molar refractivity (Wildman–Crippen MR) is 83.7 cm³/mol. The Morgan fingerprint density at radius 1 is 1.33 bits per heavy atom. The molecule has 0 spiro atoms. The minimum Gasteiger partial charge on any atom is -0.354 e. The van der Waals surface area contributed by atoms with Gasteiger partial charge in [-0.05, 0) is 36.2 Å². The Bertz CT molecular complexity index is 631. The summed E-state index contributed by atoms with van der Waals surface area (Å²) in [6, 6.07) is 8.37. The molecule has 1 amide bonds. The van der Waals surface area contributed by atoms with E-state index in [1.807, 2.05) is 6.07 Å². The van der Waals surface area contributed by atoms with Crippen molar-refractivity contribution >= 4 is 5.91 Å². The van der Waals surface area contributed by atoms with Crippen molar-refractivity contribution in [2.24, 2.45) is 0 Å². The molecule has 1 aromatic carbocycles. The van der Waals surface area contributed by atoms with Crippen LogP contribution >= 0.6 is 0 Å². The monoisotopic (exact) mass is 286 g/mol. The van der Waals surface area contributed by atoms with Gasteiger partial charge in [0.1, 0.15) is 0 Å². The van der Waals surface area contributed by atoms with Gasteiger partial charge in [-0.3, -0.25) is 4.79 Å². The minimum atomic E-state index is -0.178. The third-order valence-electron chi connectivity index (χ3n) is 3.34. The largest absolute Gasteiger partial charge is 0.354 e. The maximum atomic E-state index is 11.5. The van der Waals surface area contributed by atoms with Gasteiger partial charge in [0.05, 0.1) is 5.69 Å². The maximum absolute atomic E-state index is 11.5. The predicted octanol–water partition coefficient (Wildman–Crippen LogP) is 2.04. The van der Waals surface area contributed by atoms with Gasteiger partial charge in [-0.2, -0.15) is 5.10 Å². The topological polar surface area (TPSA) is 59.0 Å². The van der Waals surface area contributed by atoms with Crippen molar-refractivity contribution in [1.29, 1.82) is 0 Å². The smallest absolute Gasteiger partial charge is 0.271 e. The summed E-state index contributed by atoms with van der Waals surface area (Å²) in [7, 11) is 1.60. The third kappa shape index (κ3) is 3.70. The number of carbonyl (C=O) groups excluding carboxylic acids is 1. The first kappa shape index (κ1) is 15.3. The summed E-state index contributed by atoms with van der Waals surface area (Å²) in [6.07, 6.45) is 1.80. The molecular formula is C16H22N4O. The van der Waals surface area contributed by atoms with Crippen LogP contribution in [-0.4, -0.2) is 28.8 Å². The highest BCUT2D eigenvalue weighted by molar-refractivity contribution is 5.91. The lowest BCUT2D eigenvalue weighted by Crippen LogP contribution is -2.22. The fourth-order valence-electron chi connectivity index (χ4n) is 2.05. The Hall–Kier alpha value is -2.14. The van der Waals surface area contributed by atoms with Crippen molar-refractivity contribution in [2.75, 3.05) is 7.05 Å². The Morgan fingerprint density at radius 3 is 2.71 bits per heavy atom. The second-order valence-electron chi connectivity index (χ2n) is 5.37. The Balaban J connectivity index is 2.19. The SMILES string of the molecule is CNC(=O)c1ccn(-c2ccc(CNC(C)C)c(C)c2)n1. The van der Waals surface area contributed by atoms with Gasteiger partial charge < -0.3 is 10.6 Å². The number of hydrogen-bond acceptors (Lipinski definition) is 3. The zero-order valence-corrected chi connectivity index (χ0v) is 13.0. The highest BCUT2D eigenvalue weighted by atomic mass is 16.1. The summed E-state index contributed by atoms with van der Waals surface area (Å²) >= 11 is 0. The van der Waals surface area contributed by atoms with Crippen LogP contribution in [-0.2, 0) is 6.54 Å². The van der Waals surface area contributed by atoms with Crippen LogP contribution < -0.4 is 10.6 Å². The van der Waals surface area contributed by atoms with Crippen LogP contribution in [0.15, 0.2) is 30.5 Å². The van der Waals surface area contributed by atoms with E-state index in [-0.39, 0.29) is 5.91 Å². The van der Waals surface area contributed by atoms with Gasteiger partial charge in [0.25, 0.3) is 5.91 Å². The van der Waals surface area contributed by atoms with Gasteiger partial charge in [-0.1, -0.05) is 19.9 Å². The molecule has 0 saturated carbocycles. The van der Waals surface area contributed by atoms with Crippen LogP contribution in [0.5, 0.6) is 0 Å². The minimum absolute atomic E-state index is 0.178. The van der Waals surface area contributed by atoms with Gasteiger partial charge >= 0.3 is 0 Å².